The van der Waals surface area contributed by atoms with Crippen molar-refractivity contribution in [2.24, 2.45) is 11.3 Å². The van der Waals surface area contributed by atoms with Crippen molar-refractivity contribution in [2.45, 2.75) is 52.8 Å². The molecule has 1 N–H and O–H groups in total. The van der Waals surface area contributed by atoms with Crippen LogP contribution in [0.15, 0.2) is 24.3 Å². The maximum atomic E-state index is 5.27. The summed E-state index contributed by atoms with van der Waals surface area (Å²) < 4.78 is 5.27. The van der Waals surface area contributed by atoms with E-state index in [1.54, 1.807) is 7.11 Å². The van der Waals surface area contributed by atoms with Gasteiger partial charge in [-0.25, -0.2) is 0 Å². The number of benzene rings is 1. The zero-order chi connectivity index (χ0) is 13.9. The molecule has 1 aliphatic carbocycles. The number of nitrogens with one attached hydrogen (secondary N) is 1. The molecule has 2 heteroatoms. The van der Waals surface area contributed by atoms with Gasteiger partial charge in [0, 0.05) is 19.7 Å². The molecule has 2 unspecified atom stereocenters. The maximum absolute atomic E-state index is 5.27. The predicted octanol–water partition coefficient (Wildman–Crippen LogP) is 3.75. The zero-order valence-corrected chi connectivity index (χ0v) is 12.7. The van der Waals surface area contributed by atoms with Crippen molar-refractivity contribution >= 4 is 0 Å². The quantitative estimate of drug-likeness (QED) is 0.871. The van der Waals surface area contributed by atoms with Crippen LogP contribution < -0.4 is 5.32 Å². The van der Waals surface area contributed by atoms with Gasteiger partial charge in [0.25, 0.3) is 0 Å². The number of hydrogen-bond donors (Lipinski definition) is 1. The summed E-state index contributed by atoms with van der Waals surface area (Å²) in [7, 11) is 1.76. The lowest BCUT2D eigenvalue weighted by Crippen LogP contribution is -2.31. The third-order valence-corrected chi connectivity index (χ3v) is 4.31. The van der Waals surface area contributed by atoms with Crippen LogP contribution in [0.3, 0.4) is 0 Å². The summed E-state index contributed by atoms with van der Waals surface area (Å²) in [4.78, 5) is 0. The van der Waals surface area contributed by atoms with Crippen LogP contribution in [0, 0.1) is 11.3 Å². The summed E-state index contributed by atoms with van der Waals surface area (Å²) in [5, 5.41) is 3.75. The summed E-state index contributed by atoms with van der Waals surface area (Å²) in [6.07, 6.45) is 2.60. The fourth-order valence-corrected chi connectivity index (χ4v) is 3.43. The molecular formula is C17H27NO. The molecular weight excluding hydrogens is 234 g/mol. The van der Waals surface area contributed by atoms with Crippen molar-refractivity contribution in [3.63, 3.8) is 0 Å². The number of hydrogen-bond acceptors (Lipinski definition) is 2. The summed E-state index contributed by atoms with van der Waals surface area (Å²) in [6.45, 7) is 8.77. The molecule has 2 rings (SSSR count). The Morgan fingerprint density at radius 3 is 2.47 bits per heavy atom. The van der Waals surface area contributed by atoms with Crippen molar-refractivity contribution in [1.29, 1.82) is 0 Å². The molecule has 0 saturated heterocycles. The van der Waals surface area contributed by atoms with E-state index in [0.717, 1.165) is 12.5 Å². The minimum Gasteiger partial charge on any atom is -0.380 e. The second-order valence-electron chi connectivity index (χ2n) is 6.74. The third kappa shape index (κ3) is 3.80. The van der Waals surface area contributed by atoms with E-state index < -0.39 is 0 Å². The lowest BCUT2D eigenvalue weighted by molar-refractivity contribution is 0.184. The molecule has 0 amide bonds. The molecule has 0 heterocycles. The molecule has 106 valence electrons. The minimum absolute atomic E-state index is 0.489. The molecule has 1 aliphatic rings. The number of ether oxygens (including phenoxy) is 1. The van der Waals surface area contributed by atoms with Crippen molar-refractivity contribution < 1.29 is 4.74 Å². The maximum Gasteiger partial charge on any atom is 0.0716 e. The largest absolute Gasteiger partial charge is 0.380 e. The van der Waals surface area contributed by atoms with Crippen molar-refractivity contribution in [3.05, 3.63) is 35.4 Å². The molecule has 1 aromatic rings. The highest BCUT2D eigenvalue weighted by molar-refractivity contribution is 5.26. The van der Waals surface area contributed by atoms with E-state index in [1.165, 1.54) is 24.0 Å². The van der Waals surface area contributed by atoms with E-state index >= 15 is 0 Å². The average molecular weight is 261 g/mol. The first kappa shape index (κ1) is 14.5. The first-order chi connectivity index (χ1) is 9.02. The fourth-order valence-electron chi connectivity index (χ4n) is 3.43. The highest BCUT2D eigenvalue weighted by atomic mass is 16.5. The van der Waals surface area contributed by atoms with Crippen molar-refractivity contribution in [2.75, 3.05) is 7.11 Å². The van der Waals surface area contributed by atoms with Crippen molar-refractivity contribution in [1.82, 2.24) is 5.32 Å². The van der Waals surface area contributed by atoms with Crippen LogP contribution in [0.1, 0.15) is 44.7 Å². The highest BCUT2D eigenvalue weighted by Crippen LogP contribution is 2.40. The second-order valence-corrected chi connectivity index (χ2v) is 6.74. The van der Waals surface area contributed by atoms with Gasteiger partial charge in [-0.2, -0.15) is 0 Å². The number of rotatable bonds is 5. The lowest BCUT2D eigenvalue weighted by atomic mass is 9.91. The van der Waals surface area contributed by atoms with Crippen LogP contribution in [0.5, 0.6) is 0 Å². The Labute approximate surface area is 117 Å². The van der Waals surface area contributed by atoms with Crippen molar-refractivity contribution in [3.8, 4) is 0 Å². The summed E-state index contributed by atoms with van der Waals surface area (Å²) in [5.74, 6) is 0.768. The standard InChI is InChI=1S/C17H27NO/c1-13-9-17(2,3)10-16(13)18-11-14-7-5-6-8-15(14)12-19-4/h5-8,13,16,18H,9-12H2,1-4H3. The lowest BCUT2D eigenvalue weighted by Gasteiger charge is -2.19. The Balaban J connectivity index is 1.96. The Hall–Kier alpha value is -0.860. The molecule has 0 spiro atoms. The predicted molar refractivity (Wildman–Crippen MR) is 80.0 cm³/mol. The van der Waals surface area contributed by atoms with Gasteiger partial charge in [0.15, 0.2) is 0 Å². The third-order valence-electron chi connectivity index (χ3n) is 4.31. The molecule has 19 heavy (non-hydrogen) atoms. The van der Waals surface area contributed by atoms with E-state index in [4.69, 9.17) is 4.74 Å². The Kier molecular flexibility index (Phi) is 4.64. The average Bonchev–Trinajstić information content (AvgIpc) is 2.61. The van der Waals surface area contributed by atoms with Crippen LogP contribution in [-0.2, 0) is 17.9 Å². The molecule has 1 saturated carbocycles. The molecule has 2 atom stereocenters. The van der Waals surface area contributed by atoms with Gasteiger partial charge in [0.2, 0.25) is 0 Å². The van der Waals surface area contributed by atoms with Crippen LogP contribution in [-0.4, -0.2) is 13.2 Å². The van der Waals surface area contributed by atoms with Crippen LogP contribution in [0.4, 0.5) is 0 Å². The molecule has 0 aromatic heterocycles. The molecule has 0 bridgehead atoms. The monoisotopic (exact) mass is 261 g/mol. The first-order valence-electron chi connectivity index (χ1n) is 7.31. The molecule has 1 fully saturated rings. The van der Waals surface area contributed by atoms with Crippen LogP contribution >= 0.6 is 0 Å². The highest BCUT2D eigenvalue weighted by Gasteiger charge is 2.36. The van der Waals surface area contributed by atoms with Gasteiger partial charge in [-0.3, -0.25) is 0 Å². The fraction of sp³-hybridized carbons (Fsp3) is 0.647. The van der Waals surface area contributed by atoms with Gasteiger partial charge in [-0.15, -0.1) is 0 Å². The minimum atomic E-state index is 0.489. The molecule has 2 nitrogen and oxygen atoms in total. The number of methoxy groups -OCH3 is 1. The molecule has 1 aromatic carbocycles. The first-order valence-corrected chi connectivity index (χ1v) is 7.31. The van der Waals surface area contributed by atoms with E-state index in [1.807, 2.05) is 0 Å². The van der Waals surface area contributed by atoms with E-state index in [9.17, 15) is 0 Å². The Bertz CT molecular complexity index is 413. The summed E-state index contributed by atoms with van der Waals surface area (Å²) >= 11 is 0. The second kappa shape index (κ2) is 6.06. The summed E-state index contributed by atoms with van der Waals surface area (Å²) in [5.41, 5.74) is 3.15. The summed E-state index contributed by atoms with van der Waals surface area (Å²) in [6, 6.07) is 9.19. The van der Waals surface area contributed by atoms with Gasteiger partial charge in [-0.1, -0.05) is 45.0 Å². The topological polar surface area (TPSA) is 21.3 Å². The molecule has 0 aliphatic heterocycles. The van der Waals surface area contributed by atoms with Gasteiger partial charge in [0.1, 0.15) is 0 Å². The van der Waals surface area contributed by atoms with Crippen LogP contribution in [0.25, 0.3) is 0 Å². The van der Waals surface area contributed by atoms with E-state index in [-0.39, 0.29) is 0 Å². The zero-order valence-electron chi connectivity index (χ0n) is 12.7. The van der Waals surface area contributed by atoms with Crippen LogP contribution in [0.2, 0.25) is 0 Å². The normalized spacial score (nSPS) is 25.7. The van der Waals surface area contributed by atoms with E-state index in [2.05, 4.69) is 50.4 Å². The van der Waals surface area contributed by atoms with E-state index in [0.29, 0.717) is 18.1 Å². The van der Waals surface area contributed by atoms with Gasteiger partial charge in [0.05, 0.1) is 6.61 Å². The van der Waals surface area contributed by atoms with Gasteiger partial charge in [-0.05, 0) is 35.3 Å². The Morgan fingerprint density at radius 1 is 1.21 bits per heavy atom. The molecule has 0 radical (unpaired) electrons. The van der Waals surface area contributed by atoms with Gasteiger partial charge >= 0.3 is 0 Å². The van der Waals surface area contributed by atoms with Gasteiger partial charge < -0.3 is 10.1 Å². The smallest absolute Gasteiger partial charge is 0.0716 e. The Morgan fingerprint density at radius 2 is 1.89 bits per heavy atom. The SMILES string of the molecule is COCc1ccccc1CNC1CC(C)(C)CC1C.